The number of ketones is 1. The summed E-state index contributed by atoms with van der Waals surface area (Å²) in [5, 5.41) is 3.26. The van der Waals surface area contributed by atoms with E-state index in [-0.39, 0.29) is 18.4 Å². The van der Waals surface area contributed by atoms with Crippen molar-refractivity contribution in [3.05, 3.63) is 64.7 Å². The summed E-state index contributed by atoms with van der Waals surface area (Å²) >= 11 is 6.08. The molecule has 0 aliphatic rings. The van der Waals surface area contributed by atoms with Crippen LogP contribution in [0.5, 0.6) is 5.75 Å². The van der Waals surface area contributed by atoms with Crippen molar-refractivity contribution in [1.82, 2.24) is 5.32 Å². The summed E-state index contributed by atoms with van der Waals surface area (Å²) in [5.41, 5.74) is 1.32. The van der Waals surface area contributed by atoms with E-state index in [1.807, 2.05) is 12.1 Å². The Morgan fingerprint density at radius 1 is 1.04 bits per heavy atom. The van der Waals surface area contributed by atoms with E-state index in [0.29, 0.717) is 16.3 Å². The predicted molar refractivity (Wildman–Crippen MR) is 101 cm³/mol. The van der Waals surface area contributed by atoms with Crippen molar-refractivity contribution in [2.24, 2.45) is 0 Å². The number of halogens is 1. The molecule has 142 valence electrons. The predicted octanol–water partition coefficient (Wildman–Crippen LogP) is 3.34. The molecule has 1 amide bonds. The Morgan fingerprint density at radius 3 is 2.33 bits per heavy atom. The van der Waals surface area contributed by atoms with Gasteiger partial charge in [-0.05, 0) is 49.7 Å². The van der Waals surface area contributed by atoms with Gasteiger partial charge in [-0.15, -0.1) is 0 Å². The molecular formula is C20H20ClNO5. The molecule has 2 rings (SSSR count). The number of amides is 1. The van der Waals surface area contributed by atoms with E-state index in [0.717, 1.165) is 5.56 Å². The summed E-state index contributed by atoms with van der Waals surface area (Å²) in [6.07, 6.45) is 0. The summed E-state index contributed by atoms with van der Waals surface area (Å²) in [6.45, 7) is 2.49. The second-order valence-electron chi connectivity index (χ2n) is 5.84. The lowest BCUT2D eigenvalue weighted by Crippen LogP contribution is -2.32. The number of rotatable bonds is 8. The number of hydrogen-bond donors (Lipinski definition) is 1. The van der Waals surface area contributed by atoms with Gasteiger partial charge in [-0.2, -0.15) is 0 Å². The molecule has 0 unspecified atom stereocenters. The number of ether oxygens (including phenoxy) is 2. The normalized spacial score (nSPS) is 11.4. The van der Waals surface area contributed by atoms with Crippen LogP contribution < -0.4 is 10.1 Å². The fourth-order valence-electron chi connectivity index (χ4n) is 2.30. The number of hydrogen-bond acceptors (Lipinski definition) is 5. The molecule has 0 bridgehead atoms. The van der Waals surface area contributed by atoms with E-state index in [4.69, 9.17) is 21.1 Å². The Hall–Kier alpha value is -2.86. The van der Waals surface area contributed by atoms with Crippen LogP contribution in [0.25, 0.3) is 0 Å². The van der Waals surface area contributed by atoms with Gasteiger partial charge in [0.1, 0.15) is 5.75 Å². The lowest BCUT2D eigenvalue weighted by Gasteiger charge is -2.15. The third-order valence-electron chi connectivity index (χ3n) is 3.73. The maximum Gasteiger partial charge on any atom is 0.344 e. The van der Waals surface area contributed by atoms with Gasteiger partial charge in [0.25, 0.3) is 5.91 Å². The monoisotopic (exact) mass is 389 g/mol. The number of nitrogens with one attached hydrogen (secondary N) is 1. The average Bonchev–Trinajstić information content (AvgIpc) is 2.65. The Bertz CT molecular complexity index is 819. The van der Waals surface area contributed by atoms with E-state index in [2.05, 4.69) is 5.32 Å². The smallest absolute Gasteiger partial charge is 0.344 e. The van der Waals surface area contributed by atoms with Gasteiger partial charge in [-0.3, -0.25) is 9.59 Å². The first-order valence-corrected chi connectivity index (χ1v) is 8.68. The molecule has 27 heavy (non-hydrogen) atoms. The quantitative estimate of drug-likeness (QED) is 0.553. The maximum atomic E-state index is 11.9. The summed E-state index contributed by atoms with van der Waals surface area (Å²) in [4.78, 5) is 34.8. The average molecular weight is 390 g/mol. The van der Waals surface area contributed by atoms with Crippen molar-refractivity contribution >= 4 is 29.3 Å². The fourth-order valence-corrected chi connectivity index (χ4v) is 2.60. The SMILES string of the molecule is CC(=O)c1ccc(OCC(=O)OCC(=O)N[C@H](C)c2ccccc2Cl)cc1. The molecule has 0 aliphatic carbocycles. The summed E-state index contributed by atoms with van der Waals surface area (Å²) in [5.74, 6) is -0.750. The molecule has 0 radical (unpaired) electrons. The lowest BCUT2D eigenvalue weighted by molar-refractivity contribution is -0.150. The molecule has 6 nitrogen and oxygen atoms in total. The topological polar surface area (TPSA) is 81.7 Å². The molecule has 0 aromatic heterocycles. The molecule has 2 aromatic carbocycles. The third kappa shape index (κ3) is 6.42. The molecule has 0 saturated carbocycles. The van der Waals surface area contributed by atoms with Gasteiger partial charge in [-0.25, -0.2) is 4.79 Å². The van der Waals surface area contributed by atoms with Gasteiger partial charge >= 0.3 is 5.97 Å². The minimum atomic E-state index is -0.675. The van der Waals surface area contributed by atoms with Crippen molar-refractivity contribution in [3.8, 4) is 5.75 Å². The molecular weight excluding hydrogens is 370 g/mol. The largest absolute Gasteiger partial charge is 0.482 e. The van der Waals surface area contributed by atoms with E-state index in [1.165, 1.54) is 6.92 Å². The minimum Gasteiger partial charge on any atom is -0.482 e. The third-order valence-corrected chi connectivity index (χ3v) is 4.08. The zero-order valence-electron chi connectivity index (χ0n) is 15.0. The highest BCUT2D eigenvalue weighted by atomic mass is 35.5. The summed E-state index contributed by atoms with van der Waals surface area (Å²) < 4.78 is 10.2. The standard InChI is InChI=1S/C20H20ClNO5/c1-13(17-5-3-4-6-18(17)21)22-19(24)11-27-20(25)12-26-16-9-7-15(8-10-16)14(2)23/h3-10,13H,11-12H2,1-2H3,(H,22,24)/t13-/m1/s1. The van der Waals surface area contributed by atoms with Crippen LogP contribution in [0.15, 0.2) is 48.5 Å². The molecule has 2 aromatic rings. The molecule has 7 heteroatoms. The van der Waals surface area contributed by atoms with Crippen molar-refractivity contribution < 1.29 is 23.9 Å². The Balaban J connectivity index is 1.74. The highest BCUT2D eigenvalue weighted by Crippen LogP contribution is 2.21. The molecule has 0 saturated heterocycles. The van der Waals surface area contributed by atoms with Crippen LogP contribution in [-0.2, 0) is 14.3 Å². The molecule has 0 spiro atoms. The fraction of sp³-hybridized carbons (Fsp3) is 0.250. The highest BCUT2D eigenvalue weighted by molar-refractivity contribution is 6.31. The molecule has 0 aliphatic heterocycles. The van der Waals surface area contributed by atoms with Gasteiger partial charge in [0.05, 0.1) is 6.04 Å². The summed E-state index contributed by atoms with van der Waals surface area (Å²) in [7, 11) is 0. The van der Waals surface area contributed by atoms with Gasteiger partial charge in [-0.1, -0.05) is 29.8 Å². The number of benzene rings is 2. The van der Waals surface area contributed by atoms with Crippen LogP contribution >= 0.6 is 11.6 Å². The summed E-state index contributed by atoms with van der Waals surface area (Å²) in [6, 6.07) is 13.2. The van der Waals surface area contributed by atoms with Crippen LogP contribution in [0.4, 0.5) is 0 Å². The van der Waals surface area contributed by atoms with Gasteiger partial charge in [0.15, 0.2) is 19.0 Å². The number of esters is 1. The van der Waals surface area contributed by atoms with E-state index in [1.54, 1.807) is 43.3 Å². The second-order valence-corrected chi connectivity index (χ2v) is 6.25. The highest BCUT2D eigenvalue weighted by Gasteiger charge is 2.14. The van der Waals surface area contributed by atoms with Crippen LogP contribution in [0, 0.1) is 0 Å². The van der Waals surface area contributed by atoms with Gasteiger partial charge in [0, 0.05) is 10.6 Å². The van der Waals surface area contributed by atoms with Crippen LogP contribution in [0.2, 0.25) is 5.02 Å². The van der Waals surface area contributed by atoms with E-state index in [9.17, 15) is 14.4 Å². The minimum absolute atomic E-state index is 0.0574. The zero-order valence-corrected chi connectivity index (χ0v) is 15.8. The zero-order chi connectivity index (χ0) is 19.8. The first-order valence-electron chi connectivity index (χ1n) is 8.30. The molecule has 1 N–H and O–H groups in total. The van der Waals surface area contributed by atoms with Gasteiger partial charge < -0.3 is 14.8 Å². The number of carbonyl (C=O) groups is 3. The Morgan fingerprint density at radius 2 is 1.70 bits per heavy atom. The van der Waals surface area contributed by atoms with Crippen molar-refractivity contribution in [2.75, 3.05) is 13.2 Å². The Kier molecular flexibility index (Phi) is 7.37. The maximum absolute atomic E-state index is 11.9. The lowest BCUT2D eigenvalue weighted by atomic mass is 10.1. The van der Waals surface area contributed by atoms with Crippen LogP contribution in [0.1, 0.15) is 35.8 Å². The first kappa shape index (κ1) is 20.5. The van der Waals surface area contributed by atoms with Crippen LogP contribution in [0.3, 0.4) is 0 Å². The van der Waals surface area contributed by atoms with Crippen LogP contribution in [-0.4, -0.2) is 30.9 Å². The van der Waals surface area contributed by atoms with Gasteiger partial charge in [0.2, 0.25) is 0 Å². The van der Waals surface area contributed by atoms with E-state index < -0.39 is 18.5 Å². The molecule has 1 atom stereocenters. The first-order chi connectivity index (χ1) is 12.9. The number of carbonyl (C=O) groups excluding carboxylic acids is 3. The second kappa shape index (κ2) is 9.73. The molecule has 0 fully saturated rings. The van der Waals surface area contributed by atoms with Crippen molar-refractivity contribution in [3.63, 3.8) is 0 Å². The van der Waals surface area contributed by atoms with Crippen molar-refractivity contribution in [2.45, 2.75) is 19.9 Å². The number of Topliss-reactive ketones (excluding diaryl/α,β-unsaturated/α-hetero) is 1. The van der Waals surface area contributed by atoms with Crippen molar-refractivity contribution in [1.29, 1.82) is 0 Å². The van der Waals surface area contributed by atoms with E-state index >= 15 is 0 Å². The molecule has 0 heterocycles. The Labute approximate surface area is 162 Å².